The third kappa shape index (κ3) is 19.0. The van der Waals surface area contributed by atoms with Gasteiger partial charge in [0.1, 0.15) is 12.2 Å². The van der Waals surface area contributed by atoms with Crippen LogP contribution in [0.3, 0.4) is 0 Å². The van der Waals surface area contributed by atoms with Gasteiger partial charge in [-0.3, -0.25) is 15.0 Å². The minimum Gasteiger partial charge on any atom is -0.413 e. The van der Waals surface area contributed by atoms with Crippen molar-refractivity contribution in [1.29, 1.82) is 0 Å². The first-order valence-corrected chi connectivity index (χ1v) is 26.6. The number of non-ortho nitro benzene ring substituents is 1. The highest BCUT2D eigenvalue weighted by atomic mass is 28.4. The number of allylic oxidation sites excluding steroid dienone is 4. The molecule has 0 aliphatic carbocycles. The fourth-order valence-corrected chi connectivity index (χ4v) is 12.6. The summed E-state index contributed by atoms with van der Waals surface area (Å²) in [4.78, 5) is 48.0. The van der Waals surface area contributed by atoms with E-state index in [0.717, 1.165) is 30.4 Å². The Kier molecular flexibility index (Phi) is 25.8. The molecule has 1 heterocycles. The number of nitro benzene ring substituents is 1. The third-order valence-corrected chi connectivity index (χ3v) is 18.3. The molecule has 66 heavy (non-hydrogen) atoms. The zero-order valence-electron chi connectivity index (χ0n) is 42.9. The van der Waals surface area contributed by atoms with Crippen molar-refractivity contribution in [2.45, 2.75) is 201 Å². The molecular weight excluding hydrogens is 863 g/mol. The van der Waals surface area contributed by atoms with Crippen LogP contribution in [-0.4, -0.2) is 94.0 Å². The lowest BCUT2D eigenvalue weighted by molar-refractivity contribution is -0.384. The van der Waals surface area contributed by atoms with E-state index in [1.54, 1.807) is 20.1 Å². The SMILES string of the molecule is CCOC(C)OC(C)(/C=C/C=C(\C)CC(C)/C=C/C(C(=O)OOc1ccc([N+](=O)[O-])cc1)C(C)(CCC(CC=O)O[Si](CC)(CC)C(C)C)OC(C)OCC)CC1OC1C(C)C(CC)OC. The van der Waals surface area contributed by atoms with Crippen LogP contribution >= 0.6 is 0 Å². The minimum atomic E-state index is -2.19. The number of aldehydes is 1. The van der Waals surface area contributed by atoms with Gasteiger partial charge in [-0.1, -0.05) is 84.4 Å². The first-order valence-electron chi connectivity index (χ1n) is 24.2. The molecule has 1 aliphatic rings. The topological polar surface area (TPSA) is 164 Å². The molecule has 1 aromatic carbocycles. The largest absolute Gasteiger partial charge is 0.413 e. The lowest BCUT2D eigenvalue weighted by Gasteiger charge is -2.40. The van der Waals surface area contributed by atoms with E-state index in [9.17, 15) is 19.7 Å². The summed E-state index contributed by atoms with van der Waals surface area (Å²) in [6.07, 6.45) is 12.8. The van der Waals surface area contributed by atoms with Crippen molar-refractivity contribution < 1.29 is 57.1 Å². The molecule has 0 saturated carbocycles. The number of carbonyl (C=O) groups excluding carboxylic acids is 2. The number of methoxy groups -OCH3 is 1. The molecule has 0 bridgehead atoms. The molecule has 14 nitrogen and oxygen atoms in total. The molecule has 2 rings (SSSR count). The number of ether oxygens (including phenoxy) is 6. The number of hydrogen-bond acceptors (Lipinski definition) is 13. The Morgan fingerprint density at radius 1 is 0.939 bits per heavy atom. The lowest BCUT2D eigenvalue weighted by atomic mass is 9.82. The number of epoxide rings is 1. The van der Waals surface area contributed by atoms with E-state index in [4.69, 9.17) is 42.6 Å². The van der Waals surface area contributed by atoms with E-state index >= 15 is 0 Å². The lowest BCUT2D eigenvalue weighted by Crippen LogP contribution is -2.47. The fraction of sp³-hybridized carbons (Fsp3) is 0.725. The van der Waals surface area contributed by atoms with Crippen LogP contribution in [0.1, 0.15) is 135 Å². The van der Waals surface area contributed by atoms with Gasteiger partial charge in [0.15, 0.2) is 26.6 Å². The Hall–Kier alpha value is -3.28. The van der Waals surface area contributed by atoms with Crippen molar-refractivity contribution >= 4 is 26.3 Å². The zero-order valence-corrected chi connectivity index (χ0v) is 43.9. The molecule has 1 aliphatic heterocycles. The van der Waals surface area contributed by atoms with Crippen LogP contribution in [0.2, 0.25) is 17.6 Å². The van der Waals surface area contributed by atoms with Crippen molar-refractivity contribution in [1.82, 2.24) is 0 Å². The van der Waals surface area contributed by atoms with E-state index in [1.807, 2.05) is 39.8 Å². The Bertz CT molecular complexity index is 1680. The number of nitrogens with zero attached hydrogens (tertiary/aromatic N) is 1. The second-order valence-electron chi connectivity index (χ2n) is 18.6. The van der Waals surface area contributed by atoms with Gasteiger partial charge in [0, 0.05) is 51.2 Å². The van der Waals surface area contributed by atoms with Crippen molar-refractivity contribution in [3.05, 3.63) is 70.3 Å². The van der Waals surface area contributed by atoms with Crippen LogP contribution in [0.4, 0.5) is 5.69 Å². The van der Waals surface area contributed by atoms with Crippen LogP contribution in [0, 0.1) is 27.9 Å². The summed E-state index contributed by atoms with van der Waals surface area (Å²) in [6.45, 7) is 29.4. The summed E-state index contributed by atoms with van der Waals surface area (Å²) in [5.74, 6) is -1.40. The van der Waals surface area contributed by atoms with Gasteiger partial charge in [-0.05, 0) is 110 Å². The van der Waals surface area contributed by atoms with Crippen molar-refractivity contribution in [2.75, 3.05) is 20.3 Å². The normalized spacial score (nSPS) is 20.8. The second kappa shape index (κ2) is 28.9. The molecule has 0 amide bonds. The molecule has 376 valence electrons. The van der Waals surface area contributed by atoms with Crippen LogP contribution < -0.4 is 4.89 Å². The van der Waals surface area contributed by atoms with Gasteiger partial charge in [0.05, 0.1) is 40.5 Å². The van der Waals surface area contributed by atoms with E-state index in [-0.39, 0.29) is 54.1 Å². The molecule has 0 N–H and O–H groups in total. The second-order valence-corrected chi connectivity index (χ2v) is 23.5. The van der Waals surface area contributed by atoms with E-state index in [2.05, 4.69) is 74.5 Å². The van der Waals surface area contributed by atoms with Gasteiger partial charge >= 0.3 is 5.97 Å². The Morgan fingerprint density at radius 3 is 2.09 bits per heavy atom. The number of hydrogen-bond donors (Lipinski definition) is 0. The van der Waals surface area contributed by atoms with E-state index in [1.165, 1.54) is 24.3 Å². The van der Waals surface area contributed by atoms with Crippen molar-refractivity contribution in [2.24, 2.45) is 17.8 Å². The molecule has 0 spiro atoms. The molecule has 0 radical (unpaired) electrons. The predicted molar refractivity (Wildman–Crippen MR) is 260 cm³/mol. The summed E-state index contributed by atoms with van der Waals surface area (Å²) in [7, 11) is -0.443. The molecule has 15 heteroatoms. The molecule has 11 atom stereocenters. The standard InChI is InChI=1S/C51H85NO13Si/c1-16-46(57-15)39(10)48-47(60-48)35-50(13,61-40(11)58-17-2)31-21-22-37(8)34-38(9)23-28-45(49(54)64-63-43-26-24-42(25-27-43)52(55)56)51(14,62-41(12)59-18-3)32-29-44(30-33-53)65-66(19-4,20-5)36(6)7/h21-28,31,33,36,38-41,44-48H,16-20,29-30,32,34-35H2,1-15H3/b28-23+,31-21+,37-22+. The molecule has 11 unspecified atom stereocenters. The molecule has 1 saturated heterocycles. The summed E-state index contributed by atoms with van der Waals surface area (Å²) >= 11 is 0. The average Bonchev–Trinajstić information content (AvgIpc) is 4.02. The quantitative estimate of drug-likeness (QED) is 0.00727. The maximum absolute atomic E-state index is 14.3. The molecule has 0 aromatic heterocycles. The highest BCUT2D eigenvalue weighted by Crippen LogP contribution is 2.40. The Morgan fingerprint density at radius 2 is 1.56 bits per heavy atom. The van der Waals surface area contributed by atoms with Crippen LogP contribution in [0.25, 0.3) is 0 Å². The maximum atomic E-state index is 14.3. The predicted octanol–water partition coefficient (Wildman–Crippen LogP) is 11.8. The Labute approximate surface area is 397 Å². The third-order valence-electron chi connectivity index (χ3n) is 13.0. The highest BCUT2D eigenvalue weighted by molar-refractivity contribution is 6.75. The molecule has 1 aromatic rings. The van der Waals surface area contributed by atoms with Gasteiger partial charge < -0.3 is 37.6 Å². The first kappa shape index (κ1) is 58.8. The minimum absolute atomic E-state index is 0.0259. The summed E-state index contributed by atoms with van der Waals surface area (Å²) in [5.41, 5.74) is -0.554. The Balaban J connectivity index is 2.47. The van der Waals surface area contributed by atoms with Gasteiger partial charge in [0.25, 0.3) is 5.69 Å². The monoisotopic (exact) mass is 948 g/mol. The number of benzene rings is 1. The van der Waals surface area contributed by atoms with E-state index < -0.39 is 48.9 Å². The van der Waals surface area contributed by atoms with Crippen LogP contribution in [-0.2, 0) is 47.3 Å². The first-order chi connectivity index (χ1) is 31.2. The fourth-order valence-electron chi connectivity index (χ4n) is 9.02. The molecule has 1 fully saturated rings. The summed E-state index contributed by atoms with van der Waals surface area (Å²) in [5, 5.41) is 11.2. The molecular formula is C51H85NO13Si. The number of carbonyl (C=O) groups is 2. The maximum Gasteiger partial charge on any atom is 0.365 e. The zero-order chi connectivity index (χ0) is 49.7. The number of nitro groups is 1. The number of rotatable bonds is 35. The van der Waals surface area contributed by atoms with Crippen molar-refractivity contribution in [3.8, 4) is 5.75 Å². The van der Waals surface area contributed by atoms with Gasteiger partial charge in [-0.25, -0.2) is 9.68 Å². The highest BCUT2D eigenvalue weighted by Gasteiger charge is 2.49. The van der Waals surface area contributed by atoms with Crippen LogP contribution in [0.15, 0.2) is 60.2 Å². The summed E-state index contributed by atoms with van der Waals surface area (Å²) < 4.78 is 43.5. The van der Waals surface area contributed by atoms with Crippen LogP contribution in [0.5, 0.6) is 5.75 Å². The van der Waals surface area contributed by atoms with Gasteiger partial charge in [-0.15, -0.1) is 0 Å². The summed E-state index contributed by atoms with van der Waals surface area (Å²) in [6, 6.07) is 7.08. The average molecular weight is 948 g/mol. The van der Waals surface area contributed by atoms with Crippen molar-refractivity contribution in [3.63, 3.8) is 0 Å². The van der Waals surface area contributed by atoms with Gasteiger partial charge in [0.2, 0.25) is 0 Å². The van der Waals surface area contributed by atoms with Gasteiger partial charge in [-0.2, -0.15) is 0 Å². The smallest absolute Gasteiger partial charge is 0.365 e. The van der Waals surface area contributed by atoms with E-state index in [0.29, 0.717) is 44.4 Å².